The van der Waals surface area contributed by atoms with Crippen LogP contribution in [-0.2, 0) is 6.42 Å². The fourth-order valence-electron chi connectivity index (χ4n) is 1.19. The third kappa shape index (κ3) is 2.02. The Balaban J connectivity index is 2.48. The first-order valence-electron chi connectivity index (χ1n) is 4.52. The number of halogens is 1. The van der Waals surface area contributed by atoms with Crippen molar-refractivity contribution < 1.29 is 9.63 Å². The van der Waals surface area contributed by atoms with E-state index in [4.69, 9.17) is 4.52 Å². The van der Waals surface area contributed by atoms with Gasteiger partial charge < -0.3 is 9.63 Å². The monoisotopic (exact) mass is 268 g/mol. The number of rotatable bonds is 2. The molecular weight excluding hydrogens is 260 g/mol. The van der Waals surface area contributed by atoms with Gasteiger partial charge in [-0.2, -0.15) is 4.98 Å². The average molecular weight is 269 g/mol. The minimum absolute atomic E-state index is 0.129. The molecule has 0 aliphatic heterocycles. The van der Waals surface area contributed by atoms with E-state index in [9.17, 15) is 5.11 Å². The van der Waals surface area contributed by atoms with Crippen molar-refractivity contribution in [3.8, 4) is 17.2 Å². The lowest BCUT2D eigenvalue weighted by atomic mass is 10.2. The Morgan fingerprint density at radius 1 is 1.47 bits per heavy atom. The van der Waals surface area contributed by atoms with Gasteiger partial charge in [-0.25, -0.2) is 0 Å². The Morgan fingerprint density at radius 2 is 2.27 bits per heavy atom. The average Bonchev–Trinajstić information content (AvgIpc) is 2.70. The quantitative estimate of drug-likeness (QED) is 0.910. The molecule has 0 aliphatic carbocycles. The summed E-state index contributed by atoms with van der Waals surface area (Å²) in [6.45, 7) is 1.94. The van der Waals surface area contributed by atoms with Gasteiger partial charge in [0.05, 0.1) is 5.56 Å². The largest absolute Gasteiger partial charge is 0.507 e. The smallest absolute Gasteiger partial charge is 0.261 e. The number of nitrogens with zero attached hydrogens (tertiary/aromatic N) is 2. The maximum absolute atomic E-state index is 9.62. The summed E-state index contributed by atoms with van der Waals surface area (Å²) in [6, 6.07) is 5.06. The van der Waals surface area contributed by atoms with E-state index < -0.39 is 0 Å². The highest BCUT2D eigenvalue weighted by molar-refractivity contribution is 9.10. The maximum atomic E-state index is 9.62. The van der Waals surface area contributed by atoms with E-state index in [0.717, 1.165) is 4.47 Å². The highest BCUT2D eigenvalue weighted by Crippen LogP contribution is 2.30. The lowest BCUT2D eigenvalue weighted by Crippen LogP contribution is -1.83. The number of phenolic OH excluding ortho intramolecular Hbond substituents is 1. The first-order chi connectivity index (χ1) is 7.20. The summed E-state index contributed by atoms with van der Waals surface area (Å²) in [5.74, 6) is 1.10. The van der Waals surface area contributed by atoms with Crippen molar-refractivity contribution in [2.24, 2.45) is 0 Å². The summed E-state index contributed by atoms with van der Waals surface area (Å²) in [4.78, 5) is 4.14. The molecule has 1 heterocycles. The highest BCUT2D eigenvalue weighted by atomic mass is 79.9. The Bertz CT molecular complexity index is 482. The second-order valence-corrected chi connectivity index (χ2v) is 3.95. The summed E-state index contributed by atoms with van der Waals surface area (Å²) in [5.41, 5.74) is 0.538. The van der Waals surface area contributed by atoms with Gasteiger partial charge >= 0.3 is 0 Å². The molecule has 15 heavy (non-hydrogen) atoms. The van der Waals surface area contributed by atoms with E-state index in [1.807, 2.05) is 6.92 Å². The molecule has 0 unspecified atom stereocenters. The molecule has 2 rings (SSSR count). The number of aryl methyl sites for hydroxylation is 1. The molecule has 0 saturated carbocycles. The van der Waals surface area contributed by atoms with Crippen LogP contribution >= 0.6 is 15.9 Å². The molecule has 5 heteroatoms. The molecule has 0 aliphatic rings. The summed E-state index contributed by atoms with van der Waals surface area (Å²) in [5, 5.41) is 13.4. The van der Waals surface area contributed by atoms with E-state index in [1.54, 1.807) is 18.2 Å². The maximum Gasteiger partial charge on any atom is 0.261 e. The van der Waals surface area contributed by atoms with E-state index in [0.29, 0.717) is 23.7 Å². The van der Waals surface area contributed by atoms with Gasteiger partial charge in [0.15, 0.2) is 5.82 Å². The molecule has 0 spiro atoms. The minimum atomic E-state index is 0.129. The normalized spacial score (nSPS) is 10.5. The topological polar surface area (TPSA) is 59.2 Å². The summed E-state index contributed by atoms with van der Waals surface area (Å²) >= 11 is 3.32. The van der Waals surface area contributed by atoms with Gasteiger partial charge in [-0.1, -0.05) is 28.0 Å². The van der Waals surface area contributed by atoms with Crippen molar-refractivity contribution in [3.05, 3.63) is 28.5 Å². The molecular formula is C10H9BrN2O2. The van der Waals surface area contributed by atoms with Crippen molar-refractivity contribution in [2.75, 3.05) is 0 Å². The van der Waals surface area contributed by atoms with E-state index in [-0.39, 0.29) is 5.75 Å². The fourth-order valence-corrected chi connectivity index (χ4v) is 1.55. The third-order valence-corrected chi connectivity index (χ3v) is 2.47. The van der Waals surface area contributed by atoms with Crippen molar-refractivity contribution in [1.29, 1.82) is 0 Å². The van der Waals surface area contributed by atoms with Crippen molar-refractivity contribution >= 4 is 15.9 Å². The van der Waals surface area contributed by atoms with Crippen LogP contribution in [0.3, 0.4) is 0 Å². The summed E-state index contributed by atoms with van der Waals surface area (Å²) < 4.78 is 5.89. The van der Waals surface area contributed by atoms with Crippen molar-refractivity contribution in [3.63, 3.8) is 0 Å². The molecule has 4 nitrogen and oxygen atoms in total. The Kier molecular flexibility index (Phi) is 2.73. The number of phenols is 1. The zero-order chi connectivity index (χ0) is 10.8. The van der Waals surface area contributed by atoms with Crippen LogP contribution in [0, 0.1) is 0 Å². The van der Waals surface area contributed by atoms with Crippen LogP contribution in [0.1, 0.15) is 12.7 Å². The van der Waals surface area contributed by atoms with Crippen LogP contribution in [0.5, 0.6) is 5.75 Å². The predicted octanol–water partition coefficient (Wildman–Crippen LogP) is 2.77. The minimum Gasteiger partial charge on any atom is -0.507 e. The van der Waals surface area contributed by atoms with Gasteiger partial charge in [-0.05, 0) is 18.2 Å². The van der Waals surface area contributed by atoms with Crippen molar-refractivity contribution in [1.82, 2.24) is 10.1 Å². The SMILES string of the molecule is CCc1noc(-c2cc(Br)ccc2O)n1. The second-order valence-electron chi connectivity index (χ2n) is 3.03. The van der Waals surface area contributed by atoms with Crippen LogP contribution in [0.2, 0.25) is 0 Å². The molecule has 1 aromatic heterocycles. The Labute approximate surface area is 95.1 Å². The molecule has 1 aromatic carbocycles. The number of aromatic nitrogens is 2. The van der Waals surface area contributed by atoms with Gasteiger partial charge in [0.2, 0.25) is 0 Å². The van der Waals surface area contributed by atoms with Crippen LogP contribution in [0.15, 0.2) is 27.2 Å². The lowest BCUT2D eigenvalue weighted by Gasteiger charge is -1.98. The van der Waals surface area contributed by atoms with Gasteiger partial charge in [-0.3, -0.25) is 0 Å². The first kappa shape index (κ1) is 10.2. The highest BCUT2D eigenvalue weighted by Gasteiger charge is 2.12. The second kappa shape index (κ2) is 4.02. The zero-order valence-corrected chi connectivity index (χ0v) is 9.65. The van der Waals surface area contributed by atoms with Gasteiger partial charge in [-0.15, -0.1) is 0 Å². The Morgan fingerprint density at radius 3 is 2.93 bits per heavy atom. The molecule has 0 fully saturated rings. The van der Waals surface area contributed by atoms with Crippen molar-refractivity contribution in [2.45, 2.75) is 13.3 Å². The molecule has 78 valence electrons. The summed E-state index contributed by atoms with van der Waals surface area (Å²) in [7, 11) is 0. The zero-order valence-electron chi connectivity index (χ0n) is 8.07. The molecule has 0 atom stereocenters. The molecule has 0 bridgehead atoms. The standard InChI is InChI=1S/C10H9BrN2O2/c1-2-9-12-10(15-13-9)7-5-6(11)3-4-8(7)14/h3-5,14H,2H2,1H3. The fraction of sp³-hybridized carbons (Fsp3) is 0.200. The molecule has 2 aromatic rings. The number of hydrogen-bond acceptors (Lipinski definition) is 4. The Hall–Kier alpha value is -1.36. The third-order valence-electron chi connectivity index (χ3n) is 1.97. The van der Waals surface area contributed by atoms with Gasteiger partial charge in [0.25, 0.3) is 5.89 Å². The van der Waals surface area contributed by atoms with Crippen LogP contribution < -0.4 is 0 Å². The number of hydrogen-bond donors (Lipinski definition) is 1. The summed E-state index contributed by atoms with van der Waals surface area (Å²) in [6.07, 6.45) is 0.707. The van der Waals surface area contributed by atoms with E-state index in [2.05, 4.69) is 26.1 Å². The van der Waals surface area contributed by atoms with Gasteiger partial charge in [0, 0.05) is 10.9 Å². The van der Waals surface area contributed by atoms with E-state index in [1.165, 1.54) is 0 Å². The lowest BCUT2D eigenvalue weighted by molar-refractivity contribution is 0.418. The van der Waals surface area contributed by atoms with Crippen LogP contribution in [0.25, 0.3) is 11.5 Å². The predicted molar refractivity (Wildman–Crippen MR) is 58.5 cm³/mol. The molecule has 1 N–H and O–H groups in total. The molecule has 0 amide bonds. The van der Waals surface area contributed by atoms with Gasteiger partial charge in [0.1, 0.15) is 5.75 Å². The van der Waals surface area contributed by atoms with E-state index >= 15 is 0 Å². The number of benzene rings is 1. The van der Waals surface area contributed by atoms with Crippen LogP contribution in [-0.4, -0.2) is 15.2 Å². The number of aromatic hydroxyl groups is 1. The molecule has 0 saturated heterocycles. The van der Waals surface area contributed by atoms with Crippen LogP contribution in [0.4, 0.5) is 0 Å². The molecule has 0 radical (unpaired) electrons. The first-order valence-corrected chi connectivity index (χ1v) is 5.31.